The first-order chi connectivity index (χ1) is 11.7. The molecule has 2 heterocycles. The van der Waals surface area contributed by atoms with Crippen LogP contribution in [0.5, 0.6) is 0 Å². The van der Waals surface area contributed by atoms with Crippen LogP contribution in [0, 0.1) is 5.82 Å². The summed E-state index contributed by atoms with van der Waals surface area (Å²) >= 11 is 0. The minimum Gasteiger partial charge on any atom is -0.461 e. The summed E-state index contributed by atoms with van der Waals surface area (Å²) in [6.07, 6.45) is 0. The Morgan fingerprint density at radius 1 is 1.25 bits per heavy atom. The first kappa shape index (κ1) is 15.9. The molecule has 0 saturated carbocycles. The molecule has 0 aliphatic rings. The molecule has 1 aromatic carbocycles. The van der Waals surface area contributed by atoms with E-state index in [0.717, 1.165) is 0 Å². The van der Waals surface area contributed by atoms with E-state index in [1.165, 1.54) is 10.6 Å². The molecule has 0 aliphatic carbocycles. The van der Waals surface area contributed by atoms with Gasteiger partial charge in [-0.25, -0.2) is 18.7 Å². The van der Waals surface area contributed by atoms with Crippen LogP contribution in [0.2, 0.25) is 0 Å². The Morgan fingerprint density at radius 2 is 2.04 bits per heavy atom. The van der Waals surface area contributed by atoms with Crippen molar-refractivity contribution in [3.63, 3.8) is 0 Å². The average molecular weight is 328 g/mol. The highest BCUT2D eigenvalue weighted by molar-refractivity contribution is 5.96. The molecule has 24 heavy (non-hydrogen) atoms. The Balaban J connectivity index is 2.26. The highest BCUT2D eigenvalue weighted by Gasteiger charge is 2.24. The van der Waals surface area contributed by atoms with Gasteiger partial charge in [0.1, 0.15) is 17.3 Å². The second-order valence-electron chi connectivity index (χ2n) is 5.03. The lowest BCUT2D eigenvalue weighted by atomic mass is 10.1. The average Bonchev–Trinajstić information content (AvgIpc) is 2.94. The highest BCUT2D eigenvalue weighted by Crippen LogP contribution is 2.27. The maximum Gasteiger partial charge on any atom is 0.359 e. The quantitative estimate of drug-likeness (QED) is 0.729. The van der Waals surface area contributed by atoms with Gasteiger partial charge in [0.15, 0.2) is 11.3 Å². The lowest BCUT2D eigenvalue weighted by Crippen LogP contribution is -2.12. The standard InChI is InChI=1S/C17H17FN4O2/c1-3-19-13-9-10-14-20-15(11-7-5-6-8-12(11)18)16(22(14)21-13)17(23)24-4-2/h5-10H,3-4H2,1-2H3,(H,19,21). The third kappa shape index (κ3) is 2.80. The Kier molecular flexibility index (Phi) is 4.41. The zero-order valence-electron chi connectivity index (χ0n) is 13.4. The van der Waals surface area contributed by atoms with Gasteiger partial charge in [0.05, 0.1) is 6.61 Å². The lowest BCUT2D eigenvalue weighted by molar-refractivity contribution is 0.0518. The number of ether oxygens (including phenoxy) is 1. The number of nitrogens with one attached hydrogen (secondary N) is 1. The second-order valence-corrected chi connectivity index (χ2v) is 5.03. The molecule has 3 aromatic rings. The van der Waals surface area contributed by atoms with Crippen molar-refractivity contribution in [2.45, 2.75) is 13.8 Å². The number of hydrogen-bond donors (Lipinski definition) is 1. The van der Waals surface area contributed by atoms with E-state index in [1.807, 2.05) is 6.92 Å². The van der Waals surface area contributed by atoms with Gasteiger partial charge in [-0.1, -0.05) is 12.1 Å². The van der Waals surface area contributed by atoms with E-state index >= 15 is 0 Å². The monoisotopic (exact) mass is 328 g/mol. The molecule has 0 fully saturated rings. The second kappa shape index (κ2) is 6.66. The smallest absolute Gasteiger partial charge is 0.359 e. The first-order valence-electron chi connectivity index (χ1n) is 7.71. The van der Waals surface area contributed by atoms with Gasteiger partial charge < -0.3 is 10.1 Å². The topological polar surface area (TPSA) is 68.5 Å². The molecule has 0 atom stereocenters. The van der Waals surface area contributed by atoms with Crippen molar-refractivity contribution < 1.29 is 13.9 Å². The number of rotatable bonds is 5. The number of carbonyl (C=O) groups is 1. The molecule has 124 valence electrons. The zero-order valence-corrected chi connectivity index (χ0v) is 13.4. The number of halogens is 1. The van der Waals surface area contributed by atoms with E-state index in [1.54, 1.807) is 37.3 Å². The van der Waals surface area contributed by atoms with Gasteiger partial charge in [-0.05, 0) is 38.1 Å². The number of carbonyl (C=O) groups excluding carboxylic acids is 1. The summed E-state index contributed by atoms with van der Waals surface area (Å²) in [7, 11) is 0. The molecule has 7 heteroatoms. The Hall–Kier alpha value is -2.96. The molecular weight excluding hydrogens is 311 g/mol. The molecule has 6 nitrogen and oxygen atoms in total. The van der Waals surface area contributed by atoms with Crippen molar-refractivity contribution in [2.24, 2.45) is 0 Å². The first-order valence-corrected chi connectivity index (χ1v) is 7.71. The number of imidazole rings is 1. The van der Waals surface area contributed by atoms with E-state index in [0.29, 0.717) is 18.0 Å². The Bertz CT molecular complexity index is 891. The van der Waals surface area contributed by atoms with Crippen molar-refractivity contribution in [1.82, 2.24) is 14.6 Å². The fourth-order valence-corrected chi connectivity index (χ4v) is 2.43. The normalized spacial score (nSPS) is 10.8. The minimum absolute atomic E-state index is 0.108. The van der Waals surface area contributed by atoms with Crippen LogP contribution < -0.4 is 5.32 Å². The molecule has 1 N–H and O–H groups in total. The van der Waals surface area contributed by atoms with Crippen LogP contribution in [0.3, 0.4) is 0 Å². The van der Waals surface area contributed by atoms with Gasteiger partial charge in [0.25, 0.3) is 0 Å². The Labute approximate surface area is 138 Å². The molecule has 0 aliphatic heterocycles. The van der Waals surface area contributed by atoms with Crippen LogP contribution in [0.4, 0.5) is 10.2 Å². The number of esters is 1. The molecule has 0 spiro atoms. The van der Waals surface area contributed by atoms with Crippen molar-refractivity contribution in [3.05, 3.63) is 47.9 Å². The molecular formula is C17H17FN4O2. The van der Waals surface area contributed by atoms with Crippen LogP contribution in [0.15, 0.2) is 36.4 Å². The van der Waals surface area contributed by atoms with Gasteiger partial charge in [-0.2, -0.15) is 0 Å². The third-order valence-corrected chi connectivity index (χ3v) is 3.43. The number of hydrogen-bond acceptors (Lipinski definition) is 5. The predicted octanol–water partition coefficient (Wildman–Crippen LogP) is 3.14. The van der Waals surface area contributed by atoms with Gasteiger partial charge >= 0.3 is 5.97 Å². The molecule has 0 radical (unpaired) electrons. The van der Waals surface area contributed by atoms with Crippen molar-refractivity contribution in [1.29, 1.82) is 0 Å². The highest BCUT2D eigenvalue weighted by atomic mass is 19.1. The van der Waals surface area contributed by atoms with Crippen LogP contribution in [0.25, 0.3) is 16.9 Å². The molecule has 0 unspecified atom stereocenters. The van der Waals surface area contributed by atoms with Crippen LogP contribution in [0.1, 0.15) is 24.3 Å². The molecule has 0 bridgehead atoms. The lowest BCUT2D eigenvalue weighted by Gasteiger charge is -2.06. The summed E-state index contributed by atoms with van der Waals surface area (Å²) in [6.45, 7) is 4.54. The Morgan fingerprint density at radius 3 is 2.75 bits per heavy atom. The maximum absolute atomic E-state index is 14.2. The third-order valence-electron chi connectivity index (χ3n) is 3.43. The van der Waals surface area contributed by atoms with Gasteiger partial charge in [0.2, 0.25) is 0 Å². The minimum atomic E-state index is -0.593. The summed E-state index contributed by atoms with van der Waals surface area (Å²) in [4.78, 5) is 16.8. The summed E-state index contributed by atoms with van der Waals surface area (Å²) in [5, 5.41) is 7.44. The fraction of sp³-hybridized carbons (Fsp3) is 0.235. The van der Waals surface area contributed by atoms with Crippen LogP contribution in [-0.4, -0.2) is 33.7 Å². The number of nitrogens with zero attached hydrogens (tertiary/aromatic N) is 3. The molecule has 0 amide bonds. The van der Waals surface area contributed by atoms with E-state index < -0.39 is 11.8 Å². The molecule has 2 aromatic heterocycles. The largest absolute Gasteiger partial charge is 0.461 e. The van der Waals surface area contributed by atoms with Crippen molar-refractivity contribution in [3.8, 4) is 11.3 Å². The zero-order chi connectivity index (χ0) is 17.1. The van der Waals surface area contributed by atoms with E-state index in [9.17, 15) is 9.18 Å². The number of benzene rings is 1. The van der Waals surface area contributed by atoms with Crippen LogP contribution in [-0.2, 0) is 4.74 Å². The summed E-state index contributed by atoms with van der Waals surface area (Å²) in [6, 6.07) is 9.65. The van der Waals surface area contributed by atoms with Gasteiger partial charge in [-0.3, -0.25) is 0 Å². The van der Waals surface area contributed by atoms with Crippen molar-refractivity contribution in [2.75, 3.05) is 18.5 Å². The summed E-state index contributed by atoms with van der Waals surface area (Å²) in [5.74, 6) is -0.462. The summed E-state index contributed by atoms with van der Waals surface area (Å²) < 4.78 is 20.7. The fourth-order valence-electron chi connectivity index (χ4n) is 2.43. The summed E-state index contributed by atoms with van der Waals surface area (Å²) in [5.41, 5.74) is 0.999. The number of anilines is 1. The van der Waals surface area contributed by atoms with E-state index in [4.69, 9.17) is 4.74 Å². The maximum atomic E-state index is 14.2. The van der Waals surface area contributed by atoms with E-state index in [-0.39, 0.29) is 23.6 Å². The molecule has 3 rings (SSSR count). The SMILES string of the molecule is CCNc1ccc2nc(-c3ccccc3F)c(C(=O)OCC)n2n1. The number of fused-ring (bicyclic) bond motifs is 1. The van der Waals surface area contributed by atoms with Crippen LogP contribution >= 0.6 is 0 Å². The van der Waals surface area contributed by atoms with Gasteiger partial charge in [-0.15, -0.1) is 5.10 Å². The van der Waals surface area contributed by atoms with Crippen molar-refractivity contribution >= 4 is 17.4 Å². The van der Waals surface area contributed by atoms with E-state index in [2.05, 4.69) is 15.4 Å². The predicted molar refractivity (Wildman–Crippen MR) is 88.5 cm³/mol. The number of aromatic nitrogens is 3. The van der Waals surface area contributed by atoms with Gasteiger partial charge in [0, 0.05) is 12.1 Å². The molecule has 0 saturated heterocycles.